The van der Waals surface area contributed by atoms with Crippen molar-refractivity contribution in [1.82, 2.24) is 14.5 Å². The van der Waals surface area contributed by atoms with Crippen LogP contribution in [0.3, 0.4) is 0 Å². The Morgan fingerprint density at radius 2 is 1.84 bits per heavy atom. The molecular formula is C21H21ClN4O3S3. The van der Waals surface area contributed by atoms with Gasteiger partial charge in [0.25, 0.3) is 5.91 Å². The Morgan fingerprint density at radius 1 is 1.09 bits per heavy atom. The monoisotopic (exact) mass is 508 g/mol. The third-order valence-electron chi connectivity index (χ3n) is 4.97. The number of halogens is 1. The molecule has 0 aliphatic carbocycles. The summed E-state index contributed by atoms with van der Waals surface area (Å²) in [4.78, 5) is 12.9. The molecule has 1 fully saturated rings. The molecule has 0 spiro atoms. The van der Waals surface area contributed by atoms with Crippen molar-refractivity contribution >= 4 is 55.8 Å². The maximum absolute atomic E-state index is 13.0. The lowest BCUT2D eigenvalue weighted by Gasteiger charge is -2.26. The highest BCUT2D eigenvalue weighted by Gasteiger charge is 2.27. The minimum absolute atomic E-state index is 0.0605. The molecule has 0 radical (unpaired) electrons. The molecule has 1 amide bonds. The third-order valence-corrected chi connectivity index (χ3v) is 9.23. The summed E-state index contributed by atoms with van der Waals surface area (Å²) in [6.45, 7) is 0.974. The number of aromatic nitrogens is 2. The number of thioether (sulfide) groups is 1. The molecule has 1 N–H and O–H groups in total. The Bertz CT molecular complexity index is 1200. The van der Waals surface area contributed by atoms with E-state index < -0.39 is 15.9 Å². The molecule has 0 bridgehead atoms. The zero-order valence-electron chi connectivity index (χ0n) is 17.0. The lowest BCUT2D eigenvalue weighted by atomic mass is 10.2. The van der Waals surface area contributed by atoms with Gasteiger partial charge in [-0.15, -0.1) is 10.2 Å². The van der Waals surface area contributed by atoms with E-state index in [0.29, 0.717) is 18.2 Å². The fourth-order valence-corrected chi connectivity index (χ4v) is 6.75. The van der Waals surface area contributed by atoms with Crippen LogP contribution in [0, 0.1) is 0 Å². The molecule has 2 heterocycles. The lowest BCUT2D eigenvalue weighted by molar-refractivity contribution is 0.102. The quantitative estimate of drug-likeness (QED) is 0.360. The van der Waals surface area contributed by atoms with E-state index in [0.717, 1.165) is 34.9 Å². The first-order valence-corrected chi connectivity index (χ1v) is 13.7. The minimum Gasteiger partial charge on any atom is -0.296 e. The van der Waals surface area contributed by atoms with Crippen LogP contribution in [-0.4, -0.2) is 41.9 Å². The van der Waals surface area contributed by atoms with Crippen LogP contribution in [0.4, 0.5) is 5.13 Å². The zero-order valence-corrected chi connectivity index (χ0v) is 20.2. The van der Waals surface area contributed by atoms with Gasteiger partial charge < -0.3 is 0 Å². The summed E-state index contributed by atoms with van der Waals surface area (Å²) in [7, 11) is -3.67. The van der Waals surface area contributed by atoms with E-state index in [2.05, 4.69) is 15.5 Å². The van der Waals surface area contributed by atoms with Crippen molar-refractivity contribution in [2.75, 3.05) is 18.4 Å². The molecule has 1 aliphatic rings. The Balaban J connectivity index is 1.45. The summed E-state index contributed by atoms with van der Waals surface area (Å²) in [5.41, 5.74) is 1.25. The lowest BCUT2D eigenvalue weighted by Crippen LogP contribution is -2.35. The maximum atomic E-state index is 13.0. The number of hydrogen-bond donors (Lipinski definition) is 1. The number of carbonyl (C=O) groups excluding carboxylic acids is 1. The van der Waals surface area contributed by atoms with Gasteiger partial charge >= 0.3 is 0 Å². The molecule has 1 aliphatic heterocycles. The van der Waals surface area contributed by atoms with Gasteiger partial charge in [-0.3, -0.25) is 10.1 Å². The molecule has 2 aromatic carbocycles. The first-order valence-electron chi connectivity index (χ1n) is 10.0. The van der Waals surface area contributed by atoms with Crippen molar-refractivity contribution in [3.63, 3.8) is 0 Å². The van der Waals surface area contributed by atoms with Crippen LogP contribution in [0.15, 0.2) is 57.8 Å². The van der Waals surface area contributed by atoms with Crippen molar-refractivity contribution in [1.29, 1.82) is 0 Å². The summed E-state index contributed by atoms with van der Waals surface area (Å²) in [5.74, 6) is 0.215. The molecule has 168 valence electrons. The number of sulfonamides is 1. The van der Waals surface area contributed by atoms with E-state index in [4.69, 9.17) is 11.6 Å². The van der Waals surface area contributed by atoms with Crippen LogP contribution in [0.2, 0.25) is 5.02 Å². The molecule has 3 aromatic rings. The Labute approximate surface area is 200 Å². The molecule has 0 atom stereocenters. The molecule has 7 nitrogen and oxygen atoms in total. The fraction of sp³-hybridized carbons (Fsp3) is 0.286. The van der Waals surface area contributed by atoms with Gasteiger partial charge in [-0.1, -0.05) is 71.5 Å². The van der Waals surface area contributed by atoms with Crippen LogP contribution in [0.1, 0.15) is 35.2 Å². The van der Waals surface area contributed by atoms with Crippen molar-refractivity contribution < 1.29 is 13.2 Å². The van der Waals surface area contributed by atoms with E-state index in [1.165, 1.54) is 45.6 Å². The van der Waals surface area contributed by atoms with Crippen LogP contribution in [0.5, 0.6) is 0 Å². The van der Waals surface area contributed by atoms with Gasteiger partial charge in [0.1, 0.15) is 0 Å². The largest absolute Gasteiger partial charge is 0.296 e. The van der Waals surface area contributed by atoms with Crippen molar-refractivity contribution in [2.45, 2.75) is 34.3 Å². The highest BCUT2D eigenvalue weighted by Crippen LogP contribution is 2.30. The minimum atomic E-state index is -3.67. The van der Waals surface area contributed by atoms with Crippen molar-refractivity contribution in [2.24, 2.45) is 0 Å². The maximum Gasteiger partial charge on any atom is 0.259 e. The predicted molar refractivity (Wildman–Crippen MR) is 128 cm³/mol. The molecule has 32 heavy (non-hydrogen) atoms. The Morgan fingerprint density at radius 3 is 2.59 bits per heavy atom. The molecule has 1 saturated heterocycles. The highest BCUT2D eigenvalue weighted by molar-refractivity contribution is 8.00. The first-order chi connectivity index (χ1) is 15.4. The van der Waals surface area contributed by atoms with Crippen LogP contribution in [0.25, 0.3) is 0 Å². The molecular weight excluding hydrogens is 488 g/mol. The average molecular weight is 509 g/mol. The van der Waals surface area contributed by atoms with E-state index in [-0.39, 0.29) is 15.5 Å². The summed E-state index contributed by atoms with van der Waals surface area (Å²) < 4.78 is 28.1. The topological polar surface area (TPSA) is 92.3 Å². The SMILES string of the molecule is O=C(Nc1nnc(SCc2ccccc2)s1)c1cc(S(=O)(=O)N2CCCCC2)ccc1Cl. The van der Waals surface area contributed by atoms with Crippen molar-refractivity contribution in [3.8, 4) is 0 Å². The number of nitrogens with zero attached hydrogens (tertiary/aromatic N) is 3. The van der Waals surface area contributed by atoms with Gasteiger partial charge in [0, 0.05) is 18.8 Å². The van der Waals surface area contributed by atoms with Gasteiger partial charge in [0.05, 0.1) is 15.5 Å². The van der Waals surface area contributed by atoms with Crippen molar-refractivity contribution in [3.05, 3.63) is 64.7 Å². The molecule has 1 aromatic heterocycles. The van der Waals surface area contributed by atoms with Gasteiger partial charge in [-0.2, -0.15) is 4.31 Å². The Kier molecular flexibility index (Phi) is 7.47. The summed E-state index contributed by atoms with van der Waals surface area (Å²) in [6.07, 6.45) is 2.69. The second-order valence-corrected chi connectivity index (χ2v) is 11.8. The number of benzene rings is 2. The number of piperidine rings is 1. The summed E-state index contributed by atoms with van der Waals surface area (Å²) >= 11 is 8.99. The van der Waals surface area contributed by atoms with Crippen LogP contribution in [-0.2, 0) is 15.8 Å². The smallest absolute Gasteiger partial charge is 0.259 e. The summed E-state index contributed by atoms with van der Waals surface area (Å²) in [5, 5.41) is 11.3. The number of rotatable bonds is 7. The standard InChI is InChI=1S/C21H21ClN4O3S3/c22-18-10-9-16(32(28,29)26-11-5-2-6-12-26)13-17(18)19(27)23-20-24-25-21(31-20)30-14-15-7-3-1-4-8-15/h1,3-4,7-10,13H,2,5-6,11-12,14H2,(H,23,24,27). The number of nitrogens with one attached hydrogen (secondary N) is 1. The fourth-order valence-electron chi connectivity index (χ4n) is 3.30. The highest BCUT2D eigenvalue weighted by atomic mass is 35.5. The average Bonchev–Trinajstić information content (AvgIpc) is 3.26. The normalized spacial score (nSPS) is 14.9. The number of amides is 1. The van der Waals surface area contributed by atoms with Gasteiger partial charge in [-0.05, 0) is 36.6 Å². The zero-order chi connectivity index (χ0) is 22.6. The number of anilines is 1. The molecule has 11 heteroatoms. The van der Waals surface area contributed by atoms with Gasteiger partial charge in [-0.25, -0.2) is 8.42 Å². The number of carbonyl (C=O) groups is 1. The van der Waals surface area contributed by atoms with Gasteiger partial charge in [0.2, 0.25) is 15.2 Å². The molecule has 0 saturated carbocycles. The predicted octanol–water partition coefficient (Wildman–Crippen LogP) is 4.91. The van der Waals surface area contributed by atoms with E-state index in [9.17, 15) is 13.2 Å². The second kappa shape index (κ2) is 10.3. The van der Waals surface area contributed by atoms with E-state index in [1.54, 1.807) is 0 Å². The Hall–Kier alpha value is -1.98. The van der Waals surface area contributed by atoms with Gasteiger partial charge in [0.15, 0.2) is 4.34 Å². The second-order valence-electron chi connectivity index (χ2n) is 7.21. The van der Waals surface area contributed by atoms with Crippen LogP contribution >= 0.6 is 34.7 Å². The van der Waals surface area contributed by atoms with E-state index >= 15 is 0 Å². The third kappa shape index (κ3) is 5.49. The molecule has 4 rings (SSSR count). The van der Waals surface area contributed by atoms with E-state index in [1.807, 2.05) is 30.3 Å². The first kappa shape index (κ1) is 23.2. The number of hydrogen-bond acceptors (Lipinski definition) is 7. The van der Waals surface area contributed by atoms with Crippen LogP contribution < -0.4 is 5.32 Å². The summed E-state index contributed by atoms with van der Waals surface area (Å²) in [6, 6.07) is 14.2. The molecule has 0 unspecified atom stereocenters.